The van der Waals surface area contributed by atoms with Crippen molar-refractivity contribution in [1.82, 2.24) is 0 Å². The largest absolute Gasteiger partial charge is 0.493 e. The molecule has 4 rings (SSSR count). The second kappa shape index (κ2) is 6.48. The number of methoxy groups -OCH3 is 1. The summed E-state index contributed by atoms with van der Waals surface area (Å²) in [7, 11) is 1.66. The molecule has 2 unspecified atom stereocenters. The van der Waals surface area contributed by atoms with E-state index in [0.29, 0.717) is 0 Å². The Labute approximate surface area is 147 Å². The van der Waals surface area contributed by atoms with Crippen molar-refractivity contribution >= 4 is 0 Å². The van der Waals surface area contributed by atoms with Crippen molar-refractivity contribution in [2.45, 2.75) is 31.8 Å². The van der Waals surface area contributed by atoms with E-state index in [1.807, 2.05) is 24.3 Å². The third-order valence-electron chi connectivity index (χ3n) is 4.90. The number of ether oxygens (including phenoxy) is 4. The van der Waals surface area contributed by atoms with E-state index in [1.165, 1.54) is 0 Å². The number of benzene rings is 2. The lowest BCUT2D eigenvalue weighted by molar-refractivity contribution is 0.173. The smallest absolute Gasteiger partial charge is 0.231 e. The van der Waals surface area contributed by atoms with Gasteiger partial charge in [0, 0.05) is 18.1 Å². The fourth-order valence-electron chi connectivity index (χ4n) is 3.57. The number of aryl methyl sites for hydroxylation is 1. The molecule has 0 aliphatic carbocycles. The maximum atomic E-state index is 9.09. The van der Waals surface area contributed by atoms with E-state index in [4.69, 9.17) is 24.1 Å². The summed E-state index contributed by atoms with van der Waals surface area (Å²) >= 11 is 0. The van der Waals surface area contributed by atoms with Crippen LogP contribution in [0.2, 0.25) is 0 Å². The van der Waals surface area contributed by atoms with Crippen LogP contribution in [-0.4, -0.2) is 25.6 Å². The molecule has 0 spiro atoms. The first-order valence-electron chi connectivity index (χ1n) is 8.59. The lowest BCUT2D eigenvalue weighted by Crippen LogP contribution is -2.07. The highest BCUT2D eigenvalue weighted by Crippen LogP contribution is 2.51. The van der Waals surface area contributed by atoms with Crippen molar-refractivity contribution in [2.75, 3.05) is 20.5 Å². The third-order valence-corrected chi connectivity index (χ3v) is 4.90. The van der Waals surface area contributed by atoms with Crippen LogP contribution >= 0.6 is 0 Å². The Balaban J connectivity index is 1.67. The van der Waals surface area contributed by atoms with Crippen molar-refractivity contribution in [3.05, 3.63) is 47.0 Å². The van der Waals surface area contributed by atoms with Gasteiger partial charge in [-0.05, 0) is 42.2 Å². The minimum atomic E-state index is -0.0912. The summed E-state index contributed by atoms with van der Waals surface area (Å²) in [6, 6.07) is 10.1. The van der Waals surface area contributed by atoms with E-state index in [-0.39, 0.29) is 25.4 Å². The quantitative estimate of drug-likeness (QED) is 0.900. The average molecular weight is 342 g/mol. The van der Waals surface area contributed by atoms with Crippen LogP contribution < -0.4 is 18.9 Å². The van der Waals surface area contributed by atoms with Crippen LogP contribution in [0.1, 0.15) is 42.1 Å². The van der Waals surface area contributed by atoms with Gasteiger partial charge in [0.2, 0.25) is 6.79 Å². The van der Waals surface area contributed by atoms with Gasteiger partial charge in [-0.25, -0.2) is 0 Å². The van der Waals surface area contributed by atoms with E-state index in [1.54, 1.807) is 7.11 Å². The minimum absolute atomic E-state index is 0.0912. The second-order valence-electron chi connectivity index (χ2n) is 6.48. The van der Waals surface area contributed by atoms with Crippen LogP contribution in [0.4, 0.5) is 0 Å². The van der Waals surface area contributed by atoms with Crippen molar-refractivity contribution in [1.29, 1.82) is 0 Å². The van der Waals surface area contributed by atoms with Crippen LogP contribution in [0.25, 0.3) is 0 Å². The molecule has 0 aromatic heterocycles. The molecule has 0 radical (unpaired) electrons. The summed E-state index contributed by atoms with van der Waals surface area (Å²) in [4.78, 5) is 0. The normalized spacial score (nSPS) is 20.3. The van der Waals surface area contributed by atoms with Gasteiger partial charge in [-0.2, -0.15) is 0 Å². The van der Waals surface area contributed by atoms with Gasteiger partial charge in [0.1, 0.15) is 6.10 Å². The van der Waals surface area contributed by atoms with Gasteiger partial charge in [0.15, 0.2) is 23.0 Å². The molecule has 2 aromatic carbocycles. The maximum Gasteiger partial charge on any atom is 0.231 e. The van der Waals surface area contributed by atoms with Gasteiger partial charge in [-0.3, -0.25) is 0 Å². The zero-order chi connectivity index (χ0) is 17.4. The van der Waals surface area contributed by atoms with E-state index in [2.05, 4.69) is 13.0 Å². The number of hydrogen-bond donors (Lipinski definition) is 1. The van der Waals surface area contributed by atoms with Crippen LogP contribution in [0.15, 0.2) is 30.3 Å². The van der Waals surface area contributed by atoms with E-state index in [9.17, 15) is 0 Å². The lowest BCUT2D eigenvalue weighted by Gasteiger charge is -2.16. The predicted octanol–water partition coefficient (Wildman–Crippen LogP) is 3.59. The molecule has 25 heavy (non-hydrogen) atoms. The first kappa shape index (κ1) is 16.1. The highest BCUT2D eigenvalue weighted by atomic mass is 16.7. The molecule has 0 amide bonds. The first-order chi connectivity index (χ1) is 12.2. The predicted molar refractivity (Wildman–Crippen MR) is 92.7 cm³/mol. The van der Waals surface area contributed by atoms with Gasteiger partial charge in [-0.15, -0.1) is 0 Å². The highest BCUT2D eigenvalue weighted by Gasteiger charge is 2.35. The number of aliphatic hydroxyl groups is 1. The van der Waals surface area contributed by atoms with Crippen LogP contribution in [0, 0.1) is 0 Å². The molecule has 0 bridgehead atoms. The summed E-state index contributed by atoms with van der Waals surface area (Å²) in [5.41, 5.74) is 3.37. The average Bonchev–Trinajstić information content (AvgIpc) is 3.23. The van der Waals surface area contributed by atoms with E-state index < -0.39 is 0 Å². The number of fused-ring (bicyclic) bond motifs is 2. The molecule has 2 aliphatic rings. The van der Waals surface area contributed by atoms with Gasteiger partial charge < -0.3 is 24.1 Å². The Bertz CT molecular complexity index is 786. The molecule has 2 aliphatic heterocycles. The molecule has 5 nitrogen and oxygen atoms in total. The summed E-state index contributed by atoms with van der Waals surface area (Å²) in [5.74, 6) is 3.29. The molecule has 0 saturated heterocycles. The summed E-state index contributed by atoms with van der Waals surface area (Å²) in [5, 5.41) is 9.09. The van der Waals surface area contributed by atoms with Crippen LogP contribution in [0.3, 0.4) is 0 Å². The van der Waals surface area contributed by atoms with E-state index in [0.717, 1.165) is 52.5 Å². The molecule has 0 fully saturated rings. The van der Waals surface area contributed by atoms with Crippen molar-refractivity contribution < 1.29 is 24.1 Å². The summed E-state index contributed by atoms with van der Waals surface area (Å²) < 4.78 is 22.7. The van der Waals surface area contributed by atoms with Crippen LogP contribution in [-0.2, 0) is 6.42 Å². The highest BCUT2D eigenvalue weighted by molar-refractivity contribution is 5.55. The minimum Gasteiger partial charge on any atom is -0.493 e. The number of rotatable bonds is 5. The topological polar surface area (TPSA) is 57.2 Å². The molecule has 2 atom stereocenters. The molecular formula is C20H22O5. The number of hydrogen-bond acceptors (Lipinski definition) is 5. The Hall–Kier alpha value is -2.40. The Kier molecular flexibility index (Phi) is 4.17. The SMILES string of the molecule is COc1cc(CCCO)cc2c1OC(c1ccc3c(c1)OCO3)C2C. The molecule has 2 heterocycles. The Morgan fingerprint density at radius 1 is 1.16 bits per heavy atom. The molecule has 2 aromatic rings. The van der Waals surface area contributed by atoms with Crippen molar-refractivity contribution in [3.8, 4) is 23.0 Å². The second-order valence-corrected chi connectivity index (χ2v) is 6.48. The van der Waals surface area contributed by atoms with Crippen molar-refractivity contribution in [3.63, 3.8) is 0 Å². The van der Waals surface area contributed by atoms with Gasteiger partial charge in [-0.1, -0.05) is 19.1 Å². The van der Waals surface area contributed by atoms with E-state index >= 15 is 0 Å². The van der Waals surface area contributed by atoms with Gasteiger partial charge in [0.05, 0.1) is 7.11 Å². The molecule has 1 N–H and O–H groups in total. The Morgan fingerprint density at radius 2 is 2.00 bits per heavy atom. The van der Waals surface area contributed by atoms with Gasteiger partial charge >= 0.3 is 0 Å². The maximum absolute atomic E-state index is 9.09. The zero-order valence-corrected chi connectivity index (χ0v) is 14.5. The summed E-state index contributed by atoms with van der Waals surface area (Å²) in [6.07, 6.45) is 1.47. The molecular weight excluding hydrogens is 320 g/mol. The van der Waals surface area contributed by atoms with Crippen LogP contribution in [0.5, 0.6) is 23.0 Å². The molecule has 5 heteroatoms. The number of aliphatic hydroxyl groups excluding tert-OH is 1. The lowest BCUT2D eigenvalue weighted by atomic mass is 9.91. The third kappa shape index (κ3) is 2.78. The molecule has 0 saturated carbocycles. The fraction of sp³-hybridized carbons (Fsp3) is 0.400. The van der Waals surface area contributed by atoms with Gasteiger partial charge in [0.25, 0.3) is 0 Å². The zero-order valence-electron chi connectivity index (χ0n) is 14.5. The summed E-state index contributed by atoms with van der Waals surface area (Å²) in [6.45, 7) is 2.61. The first-order valence-corrected chi connectivity index (χ1v) is 8.59. The fourth-order valence-corrected chi connectivity index (χ4v) is 3.57. The standard InChI is InChI=1S/C20H22O5/c1-12-15-8-13(4-3-7-21)9-18(22-2)20(15)25-19(12)14-5-6-16-17(10-14)24-11-23-16/h5-6,8-10,12,19,21H,3-4,7,11H2,1-2H3. The molecule has 132 valence electrons. The monoisotopic (exact) mass is 342 g/mol. The van der Waals surface area contributed by atoms with Crippen molar-refractivity contribution in [2.24, 2.45) is 0 Å². The Morgan fingerprint density at radius 3 is 2.80 bits per heavy atom.